The third-order valence-corrected chi connectivity index (χ3v) is 6.13. The first-order valence-electron chi connectivity index (χ1n) is 9.08. The molecule has 0 radical (unpaired) electrons. The highest BCUT2D eigenvalue weighted by atomic mass is 32.2. The second kappa shape index (κ2) is 8.96. The molecule has 0 spiro atoms. The van der Waals surface area contributed by atoms with Gasteiger partial charge >= 0.3 is 0 Å². The van der Waals surface area contributed by atoms with Crippen molar-refractivity contribution >= 4 is 27.3 Å². The van der Waals surface area contributed by atoms with Crippen molar-refractivity contribution in [3.05, 3.63) is 84.2 Å². The Morgan fingerprint density at radius 3 is 2.40 bits per heavy atom. The van der Waals surface area contributed by atoms with Crippen LogP contribution in [0.25, 0.3) is 0 Å². The monoisotopic (exact) mass is 428 g/mol. The molecule has 0 heterocycles. The Morgan fingerprint density at radius 2 is 1.73 bits per heavy atom. The first-order chi connectivity index (χ1) is 14.3. The Balaban J connectivity index is 1.96. The van der Waals surface area contributed by atoms with Crippen LogP contribution in [-0.2, 0) is 14.8 Å². The van der Waals surface area contributed by atoms with Crippen LogP contribution in [0.15, 0.2) is 77.7 Å². The number of hydrogen-bond donors (Lipinski definition) is 1. The van der Waals surface area contributed by atoms with Crippen molar-refractivity contribution in [3.63, 3.8) is 0 Å². The Hall–Kier alpha value is -3.39. The number of nitrogens with one attached hydrogen (secondary N) is 1. The van der Waals surface area contributed by atoms with Crippen molar-refractivity contribution in [1.82, 2.24) is 0 Å². The summed E-state index contributed by atoms with van der Waals surface area (Å²) in [5.74, 6) is -0.675. The van der Waals surface area contributed by atoms with Crippen LogP contribution in [0.5, 0.6) is 5.75 Å². The van der Waals surface area contributed by atoms with Crippen LogP contribution in [0.1, 0.15) is 5.56 Å². The van der Waals surface area contributed by atoms with Crippen LogP contribution >= 0.6 is 0 Å². The highest BCUT2D eigenvalue weighted by Gasteiger charge is 2.27. The molecule has 30 heavy (non-hydrogen) atoms. The lowest BCUT2D eigenvalue weighted by atomic mass is 10.2. The topological polar surface area (TPSA) is 75.7 Å². The minimum Gasteiger partial charge on any atom is -0.497 e. The lowest BCUT2D eigenvalue weighted by molar-refractivity contribution is -0.114. The van der Waals surface area contributed by atoms with E-state index < -0.39 is 28.3 Å². The number of aryl methyl sites for hydroxylation is 1. The number of halogens is 1. The summed E-state index contributed by atoms with van der Waals surface area (Å²) < 4.78 is 46.2. The van der Waals surface area contributed by atoms with Gasteiger partial charge < -0.3 is 10.1 Å². The average molecular weight is 428 g/mol. The molecule has 8 heteroatoms. The minimum atomic E-state index is -4.05. The van der Waals surface area contributed by atoms with E-state index in [1.165, 1.54) is 43.5 Å². The van der Waals surface area contributed by atoms with Crippen LogP contribution in [0.4, 0.5) is 15.8 Å². The second-order valence-electron chi connectivity index (χ2n) is 6.58. The molecule has 156 valence electrons. The van der Waals surface area contributed by atoms with E-state index in [1.54, 1.807) is 30.3 Å². The number of carbonyl (C=O) groups is 1. The highest BCUT2D eigenvalue weighted by molar-refractivity contribution is 7.92. The molecule has 1 amide bonds. The zero-order valence-electron chi connectivity index (χ0n) is 16.5. The van der Waals surface area contributed by atoms with Gasteiger partial charge in [-0.15, -0.1) is 0 Å². The lowest BCUT2D eigenvalue weighted by Gasteiger charge is -2.24. The Morgan fingerprint density at radius 1 is 1.03 bits per heavy atom. The molecule has 3 aromatic carbocycles. The van der Waals surface area contributed by atoms with Gasteiger partial charge in [-0.05, 0) is 49.4 Å². The van der Waals surface area contributed by atoms with Crippen LogP contribution in [-0.4, -0.2) is 28.0 Å². The molecule has 0 fully saturated rings. The van der Waals surface area contributed by atoms with Gasteiger partial charge in [-0.3, -0.25) is 9.10 Å². The SMILES string of the molecule is COc1cccc(N(CC(=O)Nc2cccc(F)c2)S(=O)(=O)c2ccc(C)cc2)c1. The van der Waals surface area contributed by atoms with Gasteiger partial charge in [-0.1, -0.05) is 29.8 Å². The Labute approximate surface area is 175 Å². The molecular weight excluding hydrogens is 407 g/mol. The third-order valence-electron chi connectivity index (χ3n) is 4.35. The smallest absolute Gasteiger partial charge is 0.264 e. The summed E-state index contributed by atoms with van der Waals surface area (Å²) in [6.07, 6.45) is 0. The van der Waals surface area contributed by atoms with Gasteiger partial charge in [0, 0.05) is 11.8 Å². The van der Waals surface area contributed by atoms with Gasteiger partial charge in [-0.25, -0.2) is 12.8 Å². The van der Waals surface area contributed by atoms with Crippen molar-refractivity contribution in [2.75, 3.05) is 23.3 Å². The summed E-state index contributed by atoms with van der Waals surface area (Å²) in [5, 5.41) is 2.53. The molecular formula is C22H21FN2O4S. The molecule has 0 aliphatic heterocycles. The van der Waals surface area contributed by atoms with Gasteiger partial charge in [0.05, 0.1) is 17.7 Å². The van der Waals surface area contributed by atoms with E-state index in [4.69, 9.17) is 4.74 Å². The third kappa shape index (κ3) is 4.96. The zero-order valence-corrected chi connectivity index (χ0v) is 17.3. The van der Waals surface area contributed by atoms with Crippen LogP contribution < -0.4 is 14.4 Å². The number of anilines is 2. The van der Waals surface area contributed by atoms with E-state index in [-0.39, 0.29) is 16.3 Å². The van der Waals surface area contributed by atoms with Gasteiger partial charge in [0.25, 0.3) is 10.0 Å². The molecule has 0 aliphatic rings. The van der Waals surface area contributed by atoms with E-state index in [0.717, 1.165) is 15.9 Å². The van der Waals surface area contributed by atoms with E-state index in [9.17, 15) is 17.6 Å². The van der Waals surface area contributed by atoms with Gasteiger partial charge in [0.1, 0.15) is 18.1 Å². The molecule has 3 aromatic rings. The molecule has 0 bridgehead atoms. The number of nitrogens with zero attached hydrogens (tertiary/aromatic N) is 1. The van der Waals surface area contributed by atoms with Crippen molar-refractivity contribution < 1.29 is 22.3 Å². The summed E-state index contributed by atoms with van der Waals surface area (Å²) >= 11 is 0. The van der Waals surface area contributed by atoms with Crippen LogP contribution in [0.2, 0.25) is 0 Å². The zero-order chi connectivity index (χ0) is 21.7. The number of ether oxygens (including phenoxy) is 1. The van der Waals surface area contributed by atoms with Gasteiger partial charge in [0.15, 0.2) is 0 Å². The maximum atomic E-state index is 13.4. The normalized spacial score (nSPS) is 11.0. The fourth-order valence-corrected chi connectivity index (χ4v) is 4.23. The van der Waals surface area contributed by atoms with Crippen LogP contribution in [0.3, 0.4) is 0 Å². The Bertz CT molecular complexity index is 1150. The van der Waals surface area contributed by atoms with E-state index in [0.29, 0.717) is 5.75 Å². The summed E-state index contributed by atoms with van der Waals surface area (Å²) in [5.41, 5.74) is 1.41. The number of hydrogen-bond acceptors (Lipinski definition) is 4. The number of methoxy groups -OCH3 is 1. The maximum Gasteiger partial charge on any atom is 0.264 e. The average Bonchev–Trinajstić information content (AvgIpc) is 2.72. The van der Waals surface area contributed by atoms with Crippen molar-refractivity contribution in [2.45, 2.75) is 11.8 Å². The highest BCUT2D eigenvalue weighted by Crippen LogP contribution is 2.27. The molecule has 0 atom stereocenters. The van der Waals surface area contributed by atoms with Crippen molar-refractivity contribution in [1.29, 1.82) is 0 Å². The molecule has 6 nitrogen and oxygen atoms in total. The number of rotatable bonds is 7. The van der Waals surface area contributed by atoms with Gasteiger partial charge in [0.2, 0.25) is 5.91 Å². The molecule has 0 aliphatic carbocycles. The van der Waals surface area contributed by atoms with Crippen molar-refractivity contribution in [3.8, 4) is 5.75 Å². The maximum absolute atomic E-state index is 13.4. The first-order valence-corrected chi connectivity index (χ1v) is 10.5. The number of sulfonamides is 1. The number of amides is 1. The molecule has 0 saturated heterocycles. The van der Waals surface area contributed by atoms with Crippen molar-refractivity contribution in [2.24, 2.45) is 0 Å². The predicted octanol–water partition coefficient (Wildman–Crippen LogP) is 3.98. The van der Waals surface area contributed by atoms with Crippen LogP contribution in [0, 0.1) is 12.7 Å². The summed E-state index contributed by atoms with van der Waals surface area (Å²) in [4.78, 5) is 12.7. The minimum absolute atomic E-state index is 0.0504. The van der Waals surface area contributed by atoms with E-state index in [1.807, 2.05) is 6.92 Å². The molecule has 1 N–H and O–H groups in total. The number of carbonyl (C=O) groups excluding carboxylic acids is 1. The Kier molecular flexibility index (Phi) is 6.37. The van der Waals surface area contributed by atoms with Gasteiger partial charge in [-0.2, -0.15) is 0 Å². The molecule has 0 aromatic heterocycles. The fraction of sp³-hybridized carbons (Fsp3) is 0.136. The molecule has 3 rings (SSSR count). The number of benzene rings is 3. The van der Waals surface area contributed by atoms with E-state index >= 15 is 0 Å². The largest absolute Gasteiger partial charge is 0.497 e. The second-order valence-corrected chi connectivity index (χ2v) is 8.45. The lowest BCUT2D eigenvalue weighted by Crippen LogP contribution is -2.38. The standard InChI is InChI=1S/C22H21FN2O4S/c1-16-9-11-21(12-10-16)30(27,28)25(19-7-4-8-20(14-19)29-2)15-22(26)24-18-6-3-5-17(23)13-18/h3-14H,15H2,1-2H3,(H,24,26). The summed E-state index contributed by atoms with van der Waals surface area (Å²) in [6, 6.07) is 18.1. The summed E-state index contributed by atoms with van der Waals surface area (Å²) in [6.45, 7) is 1.35. The first kappa shape index (κ1) is 21.3. The summed E-state index contributed by atoms with van der Waals surface area (Å²) in [7, 11) is -2.58. The molecule has 0 saturated carbocycles. The van der Waals surface area contributed by atoms with E-state index in [2.05, 4.69) is 5.32 Å². The quantitative estimate of drug-likeness (QED) is 0.618. The fourth-order valence-electron chi connectivity index (χ4n) is 2.82. The predicted molar refractivity (Wildman–Crippen MR) is 114 cm³/mol. The molecule has 0 unspecified atom stereocenters.